The van der Waals surface area contributed by atoms with Gasteiger partial charge in [0.15, 0.2) is 0 Å². The fraction of sp³-hybridized carbons (Fsp3) is 0.600. The first-order chi connectivity index (χ1) is 7.65. The SMILES string of the molecule is Cc1cc(CNC2CC2)ccc1CC(C)C. The number of aryl methyl sites for hydroxylation is 1. The Balaban J connectivity index is 1.97. The zero-order valence-corrected chi connectivity index (χ0v) is 10.7. The van der Waals surface area contributed by atoms with Gasteiger partial charge in [-0.1, -0.05) is 32.0 Å². The maximum atomic E-state index is 3.56. The Morgan fingerprint density at radius 1 is 1.31 bits per heavy atom. The van der Waals surface area contributed by atoms with E-state index in [1.54, 1.807) is 0 Å². The van der Waals surface area contributed by atoms with Gasteiger partial charge < -0.3 is 5.32 Å². The highest BCUT2D eigenvalue weighted by molar-refractivity contribution is 5.31. The lowest BCUT2D eigenvalue weighted by Gasteiger charge is -2.11. The lowest BCUT2D eigenvalue weighted by molar-refractivity contribution is 0.643. The van der Waals surface area contributed by atoms with Crippen molar-refractivity contribution in [2.75, 3.05) is 0 Å². The highest BCUT2D eigenvalue weighted by Gasteiger charge is 2.19. The maximum absolute atomic E-state index is 3.56. The van der Waals surface area contributed by atoms with Gasteiger partial charge in [-0.05, 0) is 48.8 Å². The minimum absolute atomic E-state index is 0.745. The van der Waals surface area contributed by atoms with Gasteiger partial charge in [0.05, 0.1) is 0 Å². The summed E-state index contributed by atoms with van der Waals surface area (Å²) in [5.41, 5.74) is 4.38. The van der Waals surface area contributed by atoms with E-state index in [4.69, 9.17) is 0 Å². The standard InChI is InChI=1S/C15H23N/c1-11(2)8-14-5-4-13(9-12(14)3)10-16-15-6-7-15/h4-5,9,11,15-16H,6-8,10H2,1-3H3. The molecule has 16 heavy (non-hydrogen) atoms. The average molecular weight is 217 g/mol. The highest BCUT2D eigenvalue weighted by atomic mass is 14.9. The highest BCUT2D eigenvalue weighted by Crippen LogP contribution is 2.20. The van der Waals surface area contributed by atoms with Crippen molar-refractivity contribution in [1.29, 1.82) is 0 Å². The first-order valence-electron chi connectivity index (χ1n) is 6.47. The summed E-state index contributed by atoms with van der Waals surface area (Å²) in [6, 6.07) is 7.72. The normalized spacial score (nSPS) is 15.8. The Morgan fingerprint density at radius 2 is 2.06 bits per heavy atom. The van der Waals surface area contributed by atoms with Gasteiger partial charge >= 0.3 is 0 Å². The molecule has 2 rings (SSSR count). The van der Waals surface area contributed by atoms with E-state index < -0.39 is 0 Å². The summed E-state index contributed by atoms with van der Waals surface area (Å²) in [4.78, 5) is 0. The molecule has 0 aromatic heterocycles. The second-order valence-corrected chi connectivity index (χ2v) is 5.51. The molecule has 0 aliphatic heterocycles. The van der Waals surface area contributed by atoms with Crippen molar-refractivity contribution in [3.8, 4) is 0 Å². The monoisotopic (exact) mass is 217 g/mol. The Hall–Kier alpha value is -0.820. The fourth-order valence-electron chi connectivity index (χ4n) is 2.09. The maximum Gasteiger partial charge on any atom is 0.0208 e. The largest absolute Gasteiger partial charge is 0.310 e. The third-order valence-corrected chi connectivity index (χ3v) is 3.21. The lowest BCUT2D eigenvalue weighted by atomic mass is 9.97. The molecule has 1 aromatic carbocycles. The summed E-state index contributed by atoms with van der Waals surface area (Å²) < 4.78 is 0. The molecule has 0 heterocycles. The van der Waals surface area contributed by atoms with Crippen LogP contribution in [0.4, 0.5) is 0 Å². The molecule has 0 unspecified atom stereocenters. The van der Waals surface area contributed by atoms with Gasteiger partial charge in [-0.2, -0.15) is 0 Å². The summed E-state index contributed by atoms with van der Waals surface area (Å²) >= 11 is 0. The Kier molecular flexibility index (Phi) is 3.65. The van der Waals surface area contributed by atoms with E-state index in [-0.39, 0.29) is 0 Å². The molecule has 1 nitrogen and oxygen atoms in total. The van der Waals surface area contributed by atoms with Gasteiger partial charge in [0.25, 0.3) is 0 Å². The van der Waals surface area contributed by atoms with E-state index in [1.807, 2.05) is 0 Å². The molecular formula is C15H23N. The van der Waals surface area contributed by atoms with Crippen molar-refractivity contribution in [1.82, 2.24) is 5.32 Å². The van der Waals surface area contributed by atoms with Crippen LogP contribution in [0.3, 0.4) is 0 Å². The van der Waals surface area contributed by atoms with Crippen LogP contribution in [0.25, 0.3) is 0 Å². The van der Waals surface area contributed by atoms with Crippen LogP contribution >= 0.6 is 0 Å². The predicted octanol–water partition coefficient (Wildman–Crippen LogP) is 3.45. The number of nitrogens with one attached hydrogen (secondary N) is 1. The number of rotatable bonds is 5. The summed E-state index contributed by atoms with van der Waals surface area (Å²) in [6.07, 6.45) is 3.93. The van der Waals surface area contributed by atoms with Crippen LogP contribution in [0.2, 0.25) is 0 Å². The van der Waals surface area contributed by atoms with Crippen LogP contribution in [0.1, 0.15) is 43.4 Å². The molecule has 1 aliphatic rings. The van der Waals surface area contributed by atoms with Crippen LogP contribution in [0.15, 0.2) is 18.2 Å². The number of hydrogen-bond donors (Lipinski definition) is 1. The van der Waals surface area contributed by atoms with Crippen LogP contribution in [0.5, 0.6) is 0 Å². The quantitative estimate of drug-likeness (QED) is 0.796. The lowest BCUT2D eigenvalue weighted by Crippen LogP contribution is -2.15. The van der Waals surface area contributed by atoms with Gasteiger partial charge in [-0.15, -0.1) is 0 Å². The van der Waals surface area contributed by atoms with Gasteiger partial charge in [0.1, 0.15) is 0 Å². The predicted molar refractivity (Wildman–Crippen MR) is 69.6 cm³/mol. The van der Waals surface area contributed by atoms with Crippen molar-refractivity contribution in [3.05, 3.63) is 34.9 Å². The molecule has 0 saturated heterocycles. The van der Waals surface area contributed by atoms with E-state index in [2.05, 4.69) is 44.3 Å². The van der Waals surface area contributed by atoms with Crippen molar-refractivity contribution < 1.29 is 0 Å². The molecule has 1 saturated carbocycles. The Labute approximate surface area is 99.3 Å². The zero-order valence-electron chi connectivity index (χ0n) is 10.7. The molecular weight excluding hydrogens is 194 g/mol. The van der Waals surface area contributed by atoms with E-state index in [0.29, 0.717) is 0 Å². The molecule has 0 radical (unpaired) electrons. The first kappa shape index (κ1) is 11.7. The second kappa shape index (κ2) is 5.01. The third kappa shape index (κ3) is 3.34. The van der Waals surface area contributed by atoms with E-state index in [1.165, 1.54) is 36.0 Å². The molecule has 1 fully saturated rings. The Bertz CT molecular complexity index is 350. The van der Waals surface area contributed by atoms with Gasteiger partial charge in [-0.3, -0.25) is 0 Å². The molecule has 0 atom stereocenters. The molecule has 0 bridgehead atoms. The zero-order chi connectivity index (χ0) is 11.5. The molecule has 1 heteroatoms. The van der Waals surface area contributed by atoms with Crippen LogP contribution in [0, 0.1) is 12.8 Å². The molecule has 88 valence electrons. The molecule has 1 aliphatic carbocycles. The minimum Gasteiger partial charge on any atom is -0.310 e. The van der Waals surface area contributed by atoms with Crippen molar-refractivity contribution in [3.63, 3.8) is 0 Å². The molecule has 1 N–H and O–H groups in total. The van der Waals surface area contributed by atoms with Crippen LogP contribution in [-0.2, 0) is 13.0 Å². The first-order valence-corrected chi connectivity index (χ1v) is 6.47. The summed E-state index contributed by atoms with van der Waals surface area (Å²) in [6.45, 7) is 7.83. The molecule has 0 spiro atoms. The number of benzene rings is 1. The summed E-state index contributed by atoms with van der Waals surface area (Å²) in [7, 11) is 0. The Morgan fingerprint density at radius 3 is 2.62 bits per heavy atom. The van der Waals surface area contributed by atoms with Gasteiger partial charge in [0, 0.05) is 12.6 Å². The average Bonchev–Trinajstić information content (AvgIpc) is 3.02. The van der Waals surface area contributed by atoms with Crippen molar-refractivity contribution in [2.45, 2.75) is 52.6 Å². The van der Waals surface area contributed by atoms with Crippen molar-refractivity contribution in [2.24, 2.45) is 5.92 Å². The van der Waals surface area contributed by atoms with E-state index in [9.17, 15) is 0 Å². The summed E-state index contributed by atoms with van der Waals surface area (Å²) in [5.74, 6) is 0.745. The fourth-order valence-corrected chi connectivity index (χ4v) is 2.09. The van der Waals surface area contributed by atoms with E-state index in [0.717, 1.165) is 18.5 Å². The minimum atomic E-state index is 0.745. The van der Waals surface area contributed by atoms with E-state index >= 15 is 0 Å². The molecule has 0 amide bonds. The smallest absolute Gasteiger partial charge is 0.0208 e. The number of hydrogen-bond acceptors (Lipinski definition) is 1. The van der Waals surface area contributed by atoms with Gasteiger partial charge in [0.2, 0.25) is 0 Å². The van der Waals surface area contributed by atoms with Gasteiger partial charge in [-0.25, -0.2) is 0 Å². The van der Waals surface area contributed by atoms with Crippen LogP contribution in [-0.4, -0.2) is 6.04 Å². The van der Waals surface area contributed by atoms with Crippen LogP contribution < -0.4 is 5.32 Å². The topological polar surface area (TPSA) is 12.0 Å². The molecule has 1 aromatic rings. The van der Waals surface area contributed by atoms with Crippen molar-refractivity contribution >= 4 is 0 Å². The summed E-state index contributed by atoms with van der Waals surface area (Å²) in [5, 5.41) is 3.56. The second-order valence-electron chi connectivity index (χ2n) is 5.51. The third-order valence-electron chi connectivity index (χ3n) is 3.21.